The molecule has 0 aromatic rings. The first-order valence-electron chi connectivity index (χ1n) is 8.58. The van der Waals surface area contributed by atoms with E-state index in [9.17, 15) is 9.59 Å². The highest BCUT2D eigenvalue weighted by atomic mass is 16.5. The quantitative estimate of drug-likeness (QED) is 0.551. The molecule has 3 unspecified atom stereocenters. The van der Waals surface area contributed by atoms with Crippen molar-refractivity contribution in [2.24, 2.45) is 5.92 Å². The molecule has 1 aliphatic carbocycles. The fourth-order valence-corrected chi connectivity index (χ4v) is 3.18. The van der Waals surface area contributed by atoms with Gasteiger partial charge < -0.3 is 14.8 Å². The summed E-state index contributed by atoms with van der Waals surface area (Å²) in [5.74, 6) is -0.269. The minimum absolute atomic E-state index is 0.0417. The van der Waals surface area contributed by atoms with E-state index in [0.717, 1.165) is 38.5 Å². The van der Waals surface area contributed by atoms with Gasteiger partial charge in [0.25, 0.3) is 0 Å². The summed E-state index contributed by atoms with van der Waals surface area (Å²) < 4.78 is 9.89. The third-order valence-corrected chi connectivity index (χ3v) is 4.34. The Kier molecular flexibility index (Phi) is 9.13. The number of methoxy groups -OCH3 is 1. The molecule has 0 amide bonds. The van der Waals surface area contributed by atoms with Gasteiger partial charge in [0.2, 0.25) is 0 Å². The third-order valence-electron chi connectivity index (χ3n) is 4.34. The molecule has 0 saturated heterocycles. The van der Waals surface area contributed by atoms with E-state index < -0.39 is 0 Å². The lowest BCUT2D eigenvalue weighted by Gasteiger charge is -2.27. The van der Waals surface area contributed by atoms with Crippen LogP contribution in [0, 0.1) is 5.92 Å². The van der Waals surface area contributed by atoms with Crippen LogP contribution in [0.25, 0.3) is 0 Å². The maximum absolute atomic E-state index is 12.0. The minimum atomic E-state index is -0.128. The Labute approximate surface area is 134 Å². The molecule has 5 heteroatoms. The van der Waals surface area contributed by atoms with E-state index >= 15 is 0 Å². The van der Waals surface area contributed by atoms with Gasteiger partial charge in [-0.15, -0.1) is 0 Å². The first kappa shape index (κ1) is 18.9. The molecule has 22 heavy (non-hydrogen) atoms. The zero-order valence-corrected chi connectivity index (χ0v) is 14.2. The number of rotatable bonds is 8. The Bertz CT molecular complexity index is 346. The van der Waals surface area contributed by atoms with Crippen LogP contribution in [0.4, 0.5) is 0 Å². The summed E-state index contributed by atoms with van der Waals surface area (Å²) in [7, 11) is 1.47. The highest BCUT2D eigenvalue weighted by molar-refractivity contribution is 5.73. The molecular formula is C17H31NO4. The summed E-state index contributed by atoms with van der Waals surface area (Å²) in [6, 6.07) is 0.470. The second-order valence-corrected chi connectivity index (χ2v) is 6.14. The van der Waals surface area contributed by atoms with E-state index in [1.54, 1.807) is 0 Å². The van der Waals surface area contributed by atoms with Gasteiger partial charge in [0.05, 0.1) is 19.6 Å². The van der Waals surface area contributed by atoms with Gasteiger partial charge in [-0.25, -0.2) is 0 Å². The number of carbonyl (C=O) groups excluding carboxylic acids is 2. The molecule has 0 heterocycles. The summed E-state index contributed by atoms with van der Waals surface area (Å²) >= 11 is 0. The van der Waals surface area contributed by atoms with Crippen molar-refractivity contribution in [2.45, 2.75) is 77.3 Å². The minimum Gasteiger partial charge on any atom is -0.469 e. The monoisotopic (exact) mass is 313 g/mol. The summed E-state index contributed by atoms with van der Waals surface area (Å²) in [6.45, 7) is 4.38. The molecule has 3 atom stereocenters. The molecule has 0 spiro atoms. The maximum atomic E-state index is 12.0. The molecule has 0 bridgehead atoms. The molecule has 0 aliphatic heterocycles. The number of esters is 2. The van der Waals surface area contributed by atoms with Crippen LogP contribution in [-0.4, -0.2) is 37.7 Å². The molecule has 1 N–H and O–H groups in total. The van der Waals surface area contributed by atoms with Crippen LogP contribution in [0.1, 0.15) is 65.2 Å². The summed E-state index contributed by atoms with van der Waals surface area (Å²) in [4.78, 5) is 23.3. The smallest absolute Gasteiger partial charge is 0.310 e. The van der Waals surface area contributed by atoms with Crippen molar-refractivity contribution in [3.05, 3.63) is 0 Å². The third kappa shape index (κ3) is 6.77. The second kappa shape index (κ2) is 10.6. The van der Waals surface area contributed by atoms with Crippen molar-refractivity contribution >= 4 is 11.9 Å². The normalized spacial score (nSPS) is 23.4. The topological polar surface area (TPSA) is 64.6 Å². The van der Waals surface area contributed by atoms with Crippen LogP contribution in [0.5, 0.6) is 0 Å². The number of nitrogens with one attached hydrogen (secondary N) is 1. The Hall–Kier alpha value is -1.10. The average molecular weight is 313 g/mol. The summed E-state index contributed by atoms with van der Waals surface area (Å²) in [5, 5.41) is 3.58. The standard InChI is InChI=1S/C17H31NO4/c1-4-22-16(19)12-8-9-13(2)18-15-11-7-5-6-10-14(15)17(20)21-3/h13-15,18H,4-12H2,1-3H3. The van der Waals surface area contributed by atoms with Crippen LogP contribution in [-0.2, 0) is 19.1 Å². The average Bonchev–Trinajstić information content (AvgIpc) is 2.72. The zero-order chi connectivity index (χ0) is 16.4. The largest absolute Gasteiger partial charge is 0.469 e. The second-order valence-electron chi connectivity index (χ2n) is 6.14. The van der Waals surface area contributed by atoms with Gasteiger partial charge in [-0.2, -0.15) is 0 Å². The Morgan fingerprint density at radius 2 is 1.95 bits per heavy atom. The van der Waals surface area contributed by atoms with Gasteiger partial charge in [0.1, 0.15) is 0 Å². The van der Waals surface area contributed by atoms with E-state index in [1.165, 1.54) is 13.5 Å². The van der Waals surface area contributed by atoms with Crippen LogP contribution in [0.15, 0.2) is 0 Å². The Morgan fingerprint density at radius 1 is 1.23 bits per heavy atom. The van der Waals surface area contributed by atoms with Crippen molar-refractivity contribution in [2.75, 3.05) is 13.7 Å². The van der Waals surface area contributed by atoms with Crippen molar-refractivity contribution in [3.8, 4) is 0 Å². The van der Waals surface area contributed by atoms with E-state index in [2.05, 4.69) is 12.2 Å². The number of hydrogen-bond acceptors (Lipinski definition) is 5. The lowest BCUT2D eigenvalue weighted by atomic mass is 9.93. The van der Waals surface area contributed by atoms with Gasteiger partial charge in [0.15, 0.2) is 0 Å². The molecule has 1 aliphatic rings. The molecule has 1 fully saturated rings. The maximum Gasteiger partial charge on any atom is 0.310 e. The summed E-state index contributed by atoms with van der Waals surface area (Å²) in [6.07, 6.45) is 7.53. The molecular weight excluding hydrogens is 282 g/mol. The molecule has 0 aromatic carbocycles. The van der Waals surface area contributed by atoms with Crippen LogP contribution in [0.2, 0.25) is 0 Å². The molecule has 0 aromatic heterocycles. The van der Waals surface area contributed by atoms with Crippen LogP contribution in [0.3, 0.4) is 0 Å². The van der Waals surface area contributed by atoms with Crippen molar-refractivity contribution in [1.29, 1.82) is 0 Å². The van der Waals surface area contributed by atoms with E-state index in [4.69, 9.17) is 9.47 Å². The lowest BCUT2D eigenvalue weighted by molar-refractivity contribution is -0.147. The number of hydrogen-bond donors (Lipinski definition) is 1. The SMILES string of the molecule is CCOC(=O)CCCC(C)NC1CCCCCC1C(=O)OC. The van der Waals surface area contributed by atoms with Gasteiger partial charge in [-0.05, 0) is 39.5 Å². The van der Waals surface area contributed by atoms with E-state index in [0.29, 0.717) is 13.0 Å². The summed E-state index contributed by atoms with van der Waals surface area (Å²) in [5.41, 5.74) is 0. The van der Waals surface area contributed by atoms with Gasteiger partial charge in [-0.1, -0.05) is 19.3 Å². The first-order valence-corrected chi connectivity index (χ1v) is 8.58. The van der Waals surface area contributed by atoms with Gasteiger partial charge in [-0.3, -0.25) is 9.59 Å². The van der Waals surface area contributed by atoms with E-state index in [-0.39, 0.29) is 29.9 Å². The fraction of sp³-hybridized carbons (Fsp3) is 0.882. The van der Waals surface area contributed by atoms with E-state index in [1.807, 2.05) is 6.92 Å². The Morgan fingerprint density at radius 3 is 2.64 bits per heavy atom. The number of ether oxygens (including phenoxy) is 2. The van der Waals surface area contributed by atoms with Crippen LogP contribution >= 0.6 is 0 Å². The molecule has 1 rings (SSSR count). The molecule has 0 radical (unpaired) electrons. The Balaban J connectivity index is 2.40. The van der Waals surface area contributed by atoms with Crippen LogP contribution < -0.4 is 5.32 Å². The first-order chi connectivity index (χ1) is 10.6. The van der Waals surface area contributed by atoms with Gasteiger partial charge >= 0.3 is 11.9 Å². The fourth-order valence-electron chi connectivity index (χ4n) is 3.18. The van der Waals surface area contributed by atoms with Gasteiger partial charge in [0, 0.05) is 18.5 Å². The molecule has 1 saturated carbocycles. The van der Waals surface area contributed by atoms with Crippen molar-refractivity contribution in [3.63, 3.8) is 0 Å². The molecule has 5 nitrogen and oxygen atoms in total. The predicted molar refractivity (Wildman–Crippen MR) is 85.5 cm³/mol. The van der Waals surface area contributed by atoms with Crippen molar-refractivity contribution in [1.82, 2.24) is 5.32 Å². The zero-order valence-electron chi connectivity index (χ0n) is 14.2. The predicted octanol–water partition coefficient (Wildman–Crippen LogP) is 2.82. The highest BCUT2D eigenvalue weighted by Crippen LogP contribution is 2.25. The van der Waals surface area contributed by atoms with Crippen molar-refractivity contribution < 1.29 is 19.1 Å². The molecule has 128 valence electrons. The lowest BCUT2D eigenvalue weighted by Crippen LogP contribution is -2.44. The highest BCUT2D eigenvalue weighted by Gasteiger charge is 2.31. The number of carbonyl (C=O) groups is 2.